The summed E-state index contributed by atoms with van der Waals surface area (Å²) in [4.78, 5) is 6.94. The van der Waals surface area contributed by atoms with Crippen molar-refractivity contribution in [2.45, 2.75) is 18.4 Å². The number of nitrogens with one attached hydrogen (secondary N) is 1. The van der Waals surface area contributed by atoms with Gasteiger partial charge in [-0.3, -0.25) is 0 Å². The lowest BCUT2D eigenvalue weighted by Crippen LogP contribution is -2.40. The van der Waals surface area contributed by atoms with Crippen molar-refractivity contribution in [3.8, 4) is 5.75 Å². The second-order valence-corrected chi connectivity index (χ2v) is 8.84. The fourth-order valence-corrected chi connectivity index (χ4v) is 3.44. The van der Waals surface area contributed by atoms with Gasteiger partial charge in [-0.15, -0.1) is 0 Å². The largest absolute Gasteiger partial charge is 0.492 e. The lowest BCUT2D eigenvalue weighted by Gasteiger charge is -2.22. The number of benzene rings is 2. The standard InChI is InChI=1S/C21H30N4O3S/c1-5-22-21(25(4)15-16-28-19-9-7-6-8-10-19)23-17-18-11-13-20(14-12-18)29(26,27)24(2)3/h6-14H,5,15-17H2,1-4H3,(H,22,23). The van der Waals surface area contributed by atoms with Crippen molar-refractivity contribution in [1.82, 2.24) is 14.5 Å². The Hall–Kier alpha value is -2.58. The van der Waals surface area contributed by atoms with E-state index in [4.69, 9.17) is 4.74 Å². The van der Waals surface area contributed by atoms with Gasteiger partial charge in [-0.05, 0) is 36.8 Å². The molecule has 29 heavy (non-hydrogen) atoms. The van der Waals surface area contributed by atoms with E-state index in [1.54, 1.807) is 24.3 Å². The number of rotatable bonds is 9. The monoisotopic (exact) mass is 418 g/mol. The van der Waals surface area contributed by atoms with Gasteiger partial charge in [0.1, 0.15) is 12.4 Å². The summed E-state index contributed by atoms with van der Waals surface area (Å²) in [5.74, 6) is 1.62. The van der Waals surface area contributed by atoms with Crippen molar-refractivity contribution < 1.29 is 13.2 Å². The van der Waals surface area contributed by atoms with E-state index in [9.17, 15) is 8.42 Å². The number of sulfonamides is 1. The maximum atomic E-state index is 12.2. The number of nitrogens with zero attached hydrogens (tertiary/aromatic N) is 3. The first-order chi connectivity index (χ1) is 13.8. The minimum absolute atomic E-state index is 0.275. The van der Waals surface area contributed by atoms with Crippen molar-refractivity contribution in [3.63, 3.8) is 0 Å². The van der Waals surface area contributed by atoms with E-state index in [1.165, 1.54) is 18.4 Å². The molecular formula is C21H30N4O3S. The van der Waals surface area contributed by atoms with Crippen molar-refractivity contribution in [3.05, 3.63) is 60.2 Å². The van der Waals surface area contributed by atoms with Gasteiger partial charge in [0.05, 0.1) is 18.0 Å². The molecule has 0 spiro atoms. The molecule has 0 atom stereocenters. The van der Waals surface area contributed by atoms with E-state index in [0.717, 1.165) is 23.8 Å². The third-order valence-corrected chi connectivity index (χ3v) is 6.08. The van der Waals surface area contributed by atoms with Crippen LogP contribution >= 0.6 is 0 Å². The molecular weight excluding hydrogens is 388 g/mol. The van der Waals surface area contributed by atoms with Crippen molar-refractivity contribution in [1.29, 1.82) is 0 Å². The van der Waals surface area contributed by atoms with Gasteiger partial charge in [0.25, 0.3) is 0 Å². The molecule has 7 nitrogen and oxygen atoms in total. The first-order valence-electron chi connectivity index (χ1n) is 9.53. The Morgan fingerprint density at radius 2 is 1.69 bits per heavy atom. The summed E-state index contributed by atoms with van der Waals surface area (Å²) in [7, 11) is 1.59. The van der Waals surface area contributed by atoms with E-state index < -0.39 is 10.0 Å². The minimum Gasteiger partial charge on any atom is -0.492 e. The quantitative estimate of drug-likeness (QED) is 0.500. The third-order valence-electron chi connectivity index (χ3n) is 4.25. The van der Waals surface area contributed by atoms with Crippen molar-refractivity contribution in [2.75, 3.05) is 40.8 Å². The first-order valence-corrected chi connectivity index (χ1v) is 11.0. The normalized spacial score (nSPS) is 12.1. The number of guanidine groups is 1. The van der Waals surface area contributed by atoms with Gasteiger partial charge >= 0.3 is 0 Å². The van der Waals surface area contributed by atoms with Crippen molar-refractivity contribution in [2.24, 2.45) is 4.99 Å². The molecule has 0 amide bonds. The maximum Gasteiger partial charge on any atom is 0.242 e. The maximum absolute atomic E-state index is 12.2. The van der Waals surface area contributed by atoms with E-state index >= 15 is 0 Å². The molecule has 0 aromatic heterocycles. The summed E-state index contributed by atoms with van der Waals surface area (Å²) < 4.78 is 31.3. The molecule has 2 rings (SSSR count). The van der Waals surface area contributed by atoms with E-state index in [-0.39, 0.29) is 4.90 Å². The molecule has 0 unspecified atom stereocenters. The smallest absolute Gasteiger partial charge is 0.242 e. The summed E-state index contributed by atoms with van der Waals surface area (Å²) in [6.07, 6.45) is 0. The highest BCUT2D eigenvalue weighted by Gasteiger charge is 2.16. The molecule has 2 aromatic carbocycles. The van der Waals surface area contributed by atoms with Crippen LogP contribution in [-0.2, 0) is 16.6 Å². The number of aliphatic imine (C=N–C) groups is 1. The molecule has 1 N–H and O–H groups in total. The highest BCUT2D eigenvalue weighted by Crippen LogP contribution is 2.14. The highest BCUT2D eigenvalue weighted by atomic mass is 32.2. The fourth-order valence-electron chi connectivity index (χ4n) is 2.54. The summed E-state index contributed by atoms with van der Waals surface area (Å²) in [6, 6.07) is 16.5. The third kappa shape index (κ3) is 6.76. The van der Waals surface area contributed by atoms with Gasteiger partial charge in [-0.1, -0.05) is 30.3 Å². The molecule has 0 bridgehead atoms. The Morgan fingerprint density at radius 1 is 1.03 bits per heavy atom. The molecule has 0 fully saturated rings. The topological polar surface area (TPSA) is 74.2 Å². The van der Waals surface area contributed by atoms with Gasteiger partial charge < -0.3 is 15.0 Å². The van der Waals surface area contributed by atoms with Crippen LogP contribution in [0, 0.1) is 0 Å². The Morgan fingerprint density at radius 3 is 2.28 bits per heavy atom. The van der Waals surface area contributed by atoms with Gasteiger partial charge in [0.2, 0.25) is 10.0 Å². The Kier molecular flexibility index (Phi) is 8.48. The molecule has 0 saturated carbocycles. The average molecular weight is 419 g/mol. The zero-order chi connectivity index (χ0) is 21.3. The highest BCUT2D eigenvalue weighted by molar-refractivity contribution is 7.89. The van der Waals surface area contributed by atoms with Crippen LogP contribution in [0.4, 0.5) is 0 Å². The molecule has 0 heterocycles. The van der Waals surface area contributed by atoms with Crippen LogP contribution in [-0.4, -0.2) is 64.4 Å². The number of likely N-dealkylation sites (N-methyl/N-ethyl adjacent to an activating group) is 1. The Bertz CT molecular complexity index is 882. The molecule has 0 aliphatic carbocycles. The van der Waals surface area contributed by atoms with Crippen LogP contribution < -0.4 is 10.1 Å². The van der Waals surface area contributed by atoms with Gasteiger partial charge in [-0.25, -0.2) is 17.7 Å². The number of hydrogen-bond acceptors (Lipinski definition) is 4. The van der Waals surface area contributed by atoms with Gasteiger partial charge in [0.15, 0.2) is 5.96 Å². The van der Waals surface area contributed by atoms with Crippen LogP contribution in [0.15, 0.2) is 64.5 Å². The zero-order valence-electron chi connectivity index (χ0n) is 17.5. The lowest BCUT2D eigenvalue weighted by molar-refractivity contribution is 0.281. The zero-order valence-corrected chi connectivity index (χ0v) is 18.3. The lowest BCUT2D eigenvalue weighted by atomic mass is 10.2. The van der Waals surface area contributed by atoms with Gasteiger partial charge in [0, 0.05) is 27.7 Å². The molecule has 0 aliphatic rings. The molecule has 0 saturated heterocycles. The number of para-hydroxylation sites is 1. The Balaban J connectivity index is 1.97. The van der Waals surface area contributed by atoms with Crippen LogP contribution in [0.3, 0.4) is 0 Å². The average Bonchev–Trinajstić information content (AvgIpc) is 2.72. The molecule has 0 aliphatic heterocycles. The predicted molar refractivity (Wildman–Crippen MR) is 117 cm³/mol. The van der Waals surface area contributed by atoms with Gasteiger partial charge in [-0.2, -0.15) is 0 Å². The van der Waals surface area contributed by atoms with Crippen LogP contribution in [0.2, 0.25) is 0 Å². The van der Waals surface area contributed by atoms with E-state index in [0.29, 0.717) is 19.7 Å². The molecule has 0 radical (unpaired) electrons. The summed E-state index contributed by atoms with van der Waals surface area (Å²) in [5, 5.41) is 3.27. The second-order valence-electron chi connectivity index (χ2n) is 6.68. The SMILES string of the molecule is CCNC(=NCc1ccc(S(=O)(=O)N(C)C)cc1)N(C)CCOc1ccccc1. The molecule has 2 aromatic rings. The number of ether oxygens (including phenoxy) is 1. The summed E-state index contributed by atoms with van der Waals surface area (Å²) >= 11 is 0. The second kappa shape index (κ2) is 10.8. The first kappa shape index (κ1) is 22.7. The number of hydrogen-bond donors (Lipinski definition) is 1. The minimum atomic E-state index is -3.42. The molecule has 8 heteroatoms. The molecule has 158 valence electrons. The van der Waals surface area contributed by atoms with Crippen LogP contribution in [0.25, 0.3) is 0 Å². The van der Waals surface area contributed by atoms with Crippen LogP contribution in [0.1, 0.15) is 12.5 Å². The summed E-state index contributed by atoms with van der Waals surface area (Å²) in [5.41, 5.74) is 0.937. The fraction of sp³-hybridized carbons (Fsp3) is 0.381. The van der Waals surface area contributed by atoms with E-state index in [2.05, 4.69) is 10.3 Å². The summed E-state index contributed by atoms with van der Waals surface area (Å²) in [6.45, 7) is 4.45. The predicted octanol–water partition coefficient (Wildman–Crippen LogP) is 2.41. The van der Waals surface area contributed by atoms with Crippen LogP contribution in [0.5, 0.6) is 5.75 Å². The van der Waals surface area contributed by atoms with Crippen molar-refractivity contribution >= 4 is 16.0 Å². The van der Waals surface area contributed by atoms with E-state index in [1.807, 2.05) is 49.2 Å². The Labute approximate surface area is 174 Å².